The third kappa shape index (κ3) is 4.21. The minimum atomic E-state index is -0.720. The first kappa shape index (κ1) is 21.8. The monoisotopic (exact) mass is 424 g/mol. The summed E-state index contributed by atoms with van der Waals surface area (Å²) >= 11 is 0. The van der Waals surface area contributed by atoms with Crippen LogP contribution in [0.4, 0.5) is 0 Å². The fourth-order valence-electron chi connectivity index (χ4n) is 6.61. The van der Waals surface area contributed by atoms with Crippen molar-refractivity contribution in [3.8, 4) is 6.07 Å². The van der Waals surface area contributed by atoms with Gasteiger partial charge in [0, 0.05) is 30.5 Å². The van der Waals surface area contributed by atoms with E-state index in [1.54, 1.807) is 13.2 Å². The number of hydrogen-bond donors (Lipinski definition) is 0. The maximum atomic E-state index is 13.1. The van der Waals surface area contributed by atoms with Gasteiger partial charge in [0.15, 0.2) is 12.4 Å². The third-order valence-corrected chi connectivity index (χ3v) is 7.74. The van der Waals surface area contributed by atoms with Crippen molar-refractivity contribution in [1.29, 1.82) is 5.26 Å². The van der Waals surface area contributed by atoms with Crippen LogP contribution < -0.4 is 0 Å². The second-order valence-electron chi connectivity index (χ2n) is 9.84. The lowest BCUT2D eigenvalue weighted by Gasteiger charge is -2.55. The molecule has 0 unspecified atom stereocenters. The number of ether oxygens (including phenoxy) is 2. The van der Waals surface area contributed by atoms with Gasteiger partial charge in [-0.25, -0.2) is 4.79 Å². The number of hydrogen-bond acceptors (Lipinski definition) is 5. The lowest BCUT2D eigenvalue weighted by molar-refractivity contribution is -0.155. The maximum absolute atomic E-state index is 13.1. The molecule has 0 spiro atoms. The summed E-state index contributed by atoms with van der Waals surface area (Å²) in [5.74, 6) is 1.31. The van der Waals surface area contributed by atoms with Crippen molar-refractivity contribution in [2.75, 3.05) is 20.3 Å². The van der Waals surface area contributed by atoms with Gasteiger partial charge in [-0.2, -0.15) is 5.26 Å². The largest absolute Gasteiger partial charge is 0.454 e. The van der Waals surface area contributed by atoms with Gasteiger partial charge in [-0.05, 0) is 87.8 Å². The van der Waals surface area contributed by atoms with Crippen molar-refractivity contribution >= 4 is 17.8 Å². The number of carbonyl (C=O) groups is 2. The van der Waals surface area contributed by atoms with E-state index in [-0.39, 0.29) is 23.4 Å². The molecule has 1 aromatic heterocycles. The van der Waals surface area contributed by atoms with Gasteiger partial charge in [-0.3, -0.25) is 4.79 Å². The molecule has 4 saturated carbocycles. The lowest BCUT2D eigenvalue weighted by Crippen LogP contribution is -2.51. The van der Waals surface area contributed by atoms with E-state index in [1.165, 1.54) is 19.3 Å². The number of carbonyl (C=O) groups excluding carboxylic acids is 2. The highest BCUT2D eigenvalue weighted by Gasteiger charge is 2.54. The molecule has 0 atom stereocenters. The van der Waals surface area contributed by atoms with E-state index < -0.39 is 5.97 Å². The van der Waals surface area contributed by atoms with Gasteiger partial charge in [0.25, 0.3) is 0 Å². The second-order valence-corrected chi connectivity index (χ2v) is 9.84. The molecule has 0 radical (unpaired) electrons. The fraction of sp³-hybridized carbons (Fsp3) is 0.640. The van der Waals surface area contributed by atoms with Gasteiger partial charge in [0.1, 0.15) is 11.6 Å². The van der Waals surface area contributed by atoms with Gasteiger partial charge in [0.05, 0.1) is 6.61 Å². The highest BCUT2D eigenvalue weighted by molar-refractivity contribution is 5.99. The van der Waals surface area contributed by atoms with Gasteiger partial charge in [-0.15, -0.1) is 0 Å². The van der Waals surface area contributed by atoms with Crippen molar-refractivity contribution in [3.05, 3.63) is 28.6 Å². The summed E-state index contributed by atoms with van der Waals surface area (Å²) in [6.07, 6.45) is 8.18. The summed E-state index contributed by atoms with van der Waals surface area (Å²) in [4.78, 5) is 25.7. The smallest absolute Gasteiger partial charge is 0.349 e. The van der Waals surface area contributed by atoms with Gasteiger partial charge in [-0.1, -0.05) is 0 Å². The van der Waals surface area contributed by atoms with Gasteiger partial charge >= 0.3 is 5.97 Å². The lowest BCUT2D eigenvalue weighted by atomic mass is 9.48. The molecule has 0 N–H and O–H groups in total. The van der Waals surface area contributed by atoms with Crippen LogP contribution in [0.1, 0.15) is 55.5 Å². The predicted octanol–water partition coefficient (Wildman–Crippen LogP) is 3.99. The fourth-order valence-corrected chi connectivity index (χ4v) is 6.61. The molecule has 0 aromatic carbocycles. The Bertz CT molecular complexity index is 914. The molecule has 166 valence electrons. The van der Waals surface area contributed by atoms with Gasteiger partial charge in [0.2, 0.25) is 0 Å². The quantitative estimate of drug-likeness (QED) is 0.358. The van der Waals surface area contributed by atoms with Crippen molar-refractivity contribution in [2.45, 2.75) is 58.9 Å². The Labute approximate surface area is 184 Å². The Balaban J connectivity index is 1.42. The number of esters is 1. The zero-order valence-electron chi connectivity index (χ0n) is 18.8. The topological polar surface area (TPSA) is 81.3 Å². The summed E-state index contributed by atoms with van der Waals surface area (Å²) in [6, 6.07) is 3.89. The molecule has 4 fully saturated rings. The predicted molar refractivity (Wildman–Crippen MR) is 116 cm³/mol. The van der Waals surface area contributed by atoms with E-state index in [2.05, 4.69) is 4.57 Å². The van der Waals surface area contributed by atoms with E-state index in [1.807, 2.05) is 26.0 Å². The van der Waals surface area contributed by atoms with Crippen molar-refractivity contribution in [2.24, 2.45) is 23.2 Å². The molecule has 0 amide bonds. The number of rotatable bonds is 8. The molecule has 4 bridgehead atoms. The van der Waals surface area contributed by atoms with E-state index in [9.17, 15) is 14.9 Å². The first-order valence-electron chi connectivity index (χ1n) is 11.3. The SMILES string of the molecule is COCCn1c(C)cc(C=C(C#N)C(=O)OCC(=O)C23CC4CC(CC(C4)C2)C3)c1C. The molecule has 0 saturated heterocycles. The average Bonchev–Trinajstić information content (AvgIpc) is 2.99. The zero-order valence-corrected chi connectivity index (χ0v) is 18.8. The Morgan fingerprint density at radius 2 is 1.81 bits per heavy atom. The number of nitrogens with zero attached hydrogens (tertiary/aromatic N) is 2. The Kier molecular flexibility index (Phi) is 6.07. The standard InChI is InChI=1S/C25H32N2O4/c1-16-6-21(17(2)27(16)4-5-30-3)10-22(14-26)24(29)31-15-23(28)25-11-18-7-19(12-25)9-20(8-18)13-25/h6,10,18-20H,4-5,7-9,11-13,15H2,1-3H3. The molecule has 6 heteroatoms. The summed E-state index contributed by atoms with van der Waals surface area (Å²) in [5, 5.41) is 9.53. The Hall–Kier alpha value is -2.39. The highest BCUT2D eigenvalue weighted by atomic mass is 16.5. The van der Waals surface area contributed by atoms with Crippen LogP contribution in [0.3, 0.4) is 0 Å². The second kappa shape index (κ2) is 8.63. The maximum Gasteiger partial charge on any atom is 0.349 e. The van der Waals surface area contributed by atoms with Crippen LogP contribution >= 0.6 is 0 Å². The number of aromatic nitrogens is 1. The number of ketones is 1. The molecule has 4 aliphatic rings. The van der Waals surface area contributed by atoms with Crippen LogP contribution in [0.2, 0.25) is 0 Å². The van der Waals surface area contributed by atoms with E-state index in [4.69, 9.17) is 9.47 Å². The molecule has 4 aliphatic carbocycles. The summed E-state index contributed by atoms with van der Waals surface area (Å²) < 4.78 is 12.6. The van der Waals surface area contributed by atoms with Crippen LogP contribution in [0, 0.1) is 48.3 Å². The van der Waals surface area contributed by atoms with Crippen LogP contribution in [-0.2, 0) is 25.6 Å². The van der Waals surface area contributed by atoms with Crippen LogP contribution in [0.15, 0.2) is 11.6 Å². The third-order valence-electron chi connectivity index (χ3n) is 7.74. The molecule has 5 rings (SSSR count). The summed E-state index contributed by atoms with van der Waals surface area (Å²) in [7, 11) is 1.66. The van der Waals surface area contributed by atoms with E-state index in [0.29, 0.717) is 30.9 Å². The molecular weight excluding hydrogens is 392 g/mol. The van der Waals surface area contributed by atoms with E-state index in [0.717, 1.165) is 36.2 Å². The number of Topliss-reactive ketones (excluding diaryl/α,β-unsaturated/α-hetero) is 1. The van der Waals surface area contributed by atoms with Crippen molar-refractivity contribution in [1.82, 2.24) is 4.57 Å². The zero-order chi connectivity index (χ0) is 22.2. The number of aryl methyl sites for hydroxylation is 1. The minimum Gasteiger partial charge on any atom is -0.454 e. The normalized spacial score (nSPS) is 29.1. The highest BCUT2D eigenvalue weighted by Crippen LogP contribution is 2.60. The number of nitriles is 1. The summed E-state index contributed by atoms with van der Waals surface area (Å²) in [5.41, 5.74) is 2.42. The van der Waals surface area contributed by atoms with Crippen LogP contribution in [-0.4, -0.2) is 36.6 Å². The van der Waals surface area contributed by atoms with Gasteiger partial charge < -0.3 is 14.0 Å². The van der Waals surface area contributed by atoms with Crippen LogP contribution in [0.25, 0.3) is 6.08 Å². The molecule has 1 heterocycles. The number of methoxy groups -OCH3 is 1. The van der Waals surface area contributed by atoms with Crippen molar-refractivity contribution < 1.29 is 19.1 Å². The van der Waals surface area contributed by atoms with Crippen LogP contribution in [0.5, 0.6) is 0 Å². The molecule has 1 aromatic rings. The molecular formula is C25H32N2O4. The Morgan fingerprint density at radius 3 is 2.35 bits per heavy atom. The first-order valence-corrected chi connectivity index (χ1v) is 11.3. The Morgan fingerprint density at radius 1 is 1.19 bits per heavy atom. The molecule has 31 heavy (non-hydrogen) atoms. The van der Waals surface area contributed by atoms with Crippen molar-refractivity contribution in [3.63, 3.8) is 0 Å². The summed E-state index contributed by atoms with van der Waals surface area (Å²) in [6.45, 7) is 4.99. The first-order chi connectivity index (χ1) is 14.8. The minimum absolute atomic E-state index is 0.0509. The molecule has 0 aliphatic heterocycles. The molecule has 6 nitrogen and oxygen atoms in total. The average molecular weight is 425 g/mol. The van der Waals surface area contributed by atoms with E-state index >= 15 is 0 Å².